The van der Waals surface area contributed by atoms with E-state index in [9.17, 15) is 13.6 Å². The lowest BCUT2D eigenvalue weighted by molar-refractivity contribution is 0.0203. The number of carbonyl (C=O) groups excluding carboxylic acids is 1. The van der Waals surface area contributed by atoms with E-state index in [4.69, 9.17) is 4.74 Å². The number of hydrogen-bond donors (Lipinski definition) is 0. The molecule has 1 aliphatic rings. The Kier molecular flexibility index (Phi) is 4.70. The van der Waals surface area contributed by atoms with Crippen molar-refractivity contribution < 1.29 is 18.3 Å². The van der Waals surface area contributed by atoms with Crippen LogP contribution in [0.3, 0.4) is 0 Å². The maximum atomic E-state index is 13.8. The van der Waals surface area contributed by atoms with E-state index in [2.05, 4.69) is 0 Å². The summed E-state index contributed by atoms with van der Waals surface area (Å²) < 4.78 is 32.4. The number of halogens is 2. The molecule has 0 atom stereocenters. The van der Waals surface area contributed by atoms with Gasteiger partial charge in [-0.25, -0.2) is 8.78 Å². The fourth-order valence-corrected chi connectivity index (χ4v) is 2.59. The molecule has 0 spiro atoms. The minimum atomic E-state index is -1.07. The number of ether oxygens (including phenoxy) is 1. The Labute approximate surface area is 117 Å². The topological polar surface area (TPSA) is 29.5 Å². The predicted octanol–water partition coefficient (Wildman–Crippen LogP) is 2.99. The molecule has 20 heavy (non-hydrogen) atoms. The Morgan fingerprint density at radius 1 is 1.30 bits per heavy atom. The van der Waals surface area contributed by atoms with Crippen LogP contribution in [0, 0.1) is 11.6 Å². The molecule has 0 saturated carbocycles. The van der Waals surface area contributed by atoms with Gasteiger partial charge in [0.2, 0.25) is 0 Å². The molecule has 1 amide bonds. The van der Waals surface area contributed by atoms with Crippen LogP contribution < -0.4 is 0 Å². The lowest BCUT2D eigenvalue weighted by atomic mass is 10.0. The van der Waals surface area contributed by atoms with Gasteiger partial charge in [0.15, 0.2) is 11.6 Å². The minimum Gasteiger partial charge on any atom is -0.381 e. The number of rotatable bonds is 3. The molecule has 0 radical (unpaired) electrons. The number of amides is 1. The third kappa shape index (κ3) is 2.98. The molecule has 1 aromatic carbocycles. The molecule has 1 heterocycles. The zero-order valence-electron chi connectivity index (χ0n) is 11.7. The molecule has 0 N–H and O–H groups in total. The first-order valence-corrected chi connectivity index (χ1v) is 6.86. The highest BCUT2D eigenvalue weighted by Crippen LogP contribution is 2.22. The summed E-state index contributed by atoms with van der Waals surface area (Å²) in [4.78, 5) is 14.2. The second-order valence-corrected chi connectivity index (χ2v) is 5.25. The number of nitrogens with zero attached hydrogens (tertiary/aromatic N) is 1. The Morgan fingerprint density at radius 3 is 2.55 bits per heavy atom. The van der Waals surface area contributed by atoms with Gasteiger partial charge in [-0.15, -0.1) is 0 Å². The van der Waals surface area contributed by atoms with Crippen LogP contribution in [-0.4, -0.2) is 36.1 Å². The molecular weight excluding hydrogens is 264 g/mol. The van der Waals surface area contributed by atoms with Crippen LogP contribution >= 0.6 is 0 Å². The van der Waals surface area contributed by atoms with E-state index in [0.29, 0.717) is 13.2 Å². The second-order valence-electron chi connectivity index (χ2n) is 5.25. The van der Waals surface area contributed by atoms with Crippen LogP contribution in [0.2, 0.25) is 0 Å². The van der Waals surface area contributed by atoms with E-state index in [1.54, 1.807) is 4.90 Å². The van der Waals surface area contributed by atoms with Gasteiger partial charge in [0.1, 0.15) is 0 Å². The van der Waals surface area contributed by atoms with Crippen molar-refractivity contribution in [2.75, 3.05) is 13.2 Å². The van der Waals surface area contributed by atoms with Crippen molar-refractivity contribution in [3.8, 4) is 0 Å². The van der Waals surface area contributed by atoms with E-state index < -0.39 is 17.5 Å². The average Bonchev–Trinajstić information content (AvgIpc) is 2.42. The maximum Gasteiger partial charge on any atom is 0.257 e. The summed E-state index contributed by atoms with van der Waals surface area (Å²) >= 11 is 0. The van der Waals surface area contributed by atoms with Crippen molar-refractivity contribution in [1.82, 2.24) is 4.90 Å². The fraction of sp³-hybridized carbons (Fsp3) is 0.533. The highest BCUT2D eigenvalue weighted by Gasteiger charge is 2.30. The van der Waals surface area contributed by atoms with Crippen molar-refractivity contribution in [2.24, 2.45) is 0 Å². The third-order valence-corrected chi connectivity index (χ3v) is 3.56. The van der Waals surface area contributed by atoms with E-state index in [1.807, 2.05) is 13.8 Å². The molecule has 1 aromatic rings. The van der Waals surface area contributed by atoms with Crippen molar-refractivity contribution in [1.29, 1.82) is 0 Å². The van der Waals surface area contributed by atoms with Crippen molar-refractivity contribution in [3.05, 3.63) is 35.4 Å². The number of hydrogen-bond acceptors (Lipinski definition) is 2. The molecule has 2 rings (SSSR count). The molecule has 1 saturated heterocycles. The van der Waals surface area contributed by atoms with Crippen LogP contribution in [0.15, 0.2) is 18.2 Å². The second kappa shape index (κ2) is 6.31. The van der Waals surface area contributed by atoms with Gasteiger partial charge in [0, 0.05) is 25.3 Å². The molecular formula is C15H19F2NO2. The van der Waals surface area contributed by atoms with Gasteiger partial charge in [0.05, 0.1) is 5.56 Å². The SMILES string of the molecule is CC(C)N(C(=O)c1cccc(F)c1F)C1CCOCC1. The summed E-state index contributed by atoms with van der Waals surface area (Å²) in [7, 11) is 0. The van der Waals surface area contributed by atoms with Crippen LogP contribution in [0.4, 0.5) is 8.78 Å². The zero-order chi connectivity index (χ0) is 14.7. The summed E-state index contributed by atoms with van der Waals surface area (Å²) in [5, 5.41) is 0. The predicted molar refractivity (Wildman–Crippen MR) is 71.5 cm³/mol. The van der Waals surface area contributed by atoms with Crippen molar-refractivity contribution >= 4 is 5.91 Å². The van der Waals surface area contributed by atoms with E-state index in [-0.39, 0.29) is 17.6 Å². The molecule has 0 bridgehead atoms. The molecule has 110 valence electrons. The fourth-order valence-electron chi connectivity index (χ4n) is 2.59. The lowest BCUT2D eigenvalue weighted by Crippen LogP contribution is -2.47. The van der Waals surface area contributed by atoms with Crippen LogP contribution in [0.5, 0.6) is 0 Å². The summed E-state index contributed by atoms with van der Waals surface area (Å²) in [6.45, 7) is 4.94. The summed E-state index contributed by atoms with van der Waals surface area (Å²) in [6, 6.07) is 3.64. The normalized spacial score (nSPS) is 16.4. The summed E-state index contributed by atoms with van der Waals surface area (Å²) in [6.07, 6.45) is 1.45. The first-order chi connectivity index (χ1) is 9.52. The third-order valence-electron chi connectivity index (χ3n) is 3.56. The minimum absolute atomic E-state index is 0.0129. The zero-order valence-corrected chi connectivity index (χ0v) is 11.7. The number of carbonyl (C=O) groups is 1. The monoisotopic (exact) mass is 283 g/mol. The molecule has 5 heteroatoms. The van der Waals surface area contributed by atoms with Gasteiger partial charge < -0.3 is 9.64 Å². The molecule has 0 unspecified atom stereocenters. The first kappa shape index (κ1) is 14.9. The largest absolute Gasteiger partial charge is 0.381 e. The van der Waals surface area contributed by atoms with Crippen molar-refractivity contribution in [2.45, 2.75) is 38.8 Å². The summed E-state index contributed by atoms with van der Waals surface area (Å²) in [5.74, 6) is -2.52. The maximum absolute atomic E-state index is 13.8. The van der Waals surface area contributed by atoms with Gasteiger partial charge >= 0.3 is 0 Å². The average molecular weight is 283 g/mol. The summed E-state index contributed by atoms with van der Waals surface area (Å²) in [5.41, 5.74) is -0.204. The standard InChI is InChI=1S/C15H19F2NO2/c1-10(2)18(11-6-8-20-9-7-11)15(19)12-4-3-5-13(16)14(12)17/h3-5,10-11H,6-9H2,1-2H3. The highest BCUT2D eigenvalue weighted by molar-refractivity contribution is 5.95. The Hall–Kier alpha value is -1.49. The molecule has 1 aliphatic heterocycles. The van der Waals surface area contributed by atoms with Gasteiger partial charge in [0.25, 0.3) is 5.91 Å². The number of benzene rings is 1. The van der Waals surface area contributed by atoms with Crippen LogP contribution in [-0.2, 0) is 4.74 Å². The lowest BCUT2D eigenvalue weighted by Gasteiger charge is -2.37. The van der Waals surface area contributed by atoms with Gasteiger partial charge in [-0.05, 0) is 38.8 Å². The van der Waals surface area contributed by atoms with Crippen LogP contribution in [0.25, 0.3) is 0 Å². The molecule has 3 nitrogen and oxygen atoms in total. The van der Waals surface area contributed by atoms with Crippen molar-refractivity contribution in [3.63, 3.8) is 0 Å². The van der Waals surface area contributed by atoms with E-state index >= 15 is 0 Å². The Bertz CT molecular complexity index is 485. The highest BCUT2D eigenvalue weighted by atomic mass is 19.2. The van der Waals surface area contributed by atoms with Gasteiger partial charge in [-0.3, -0.25) is 4.79 Å². The Balaban J connectivity index is 2.29. The van der Waals surface area contributed by atoms with Gasteiger partial charge in [-0.2, -0.15) is 0 Å². The van der Waals surface area contributed by atoms with E-state index in [0.717, 1.165) is 18.9 Å². The molecule has 0 aromatic heterocycles. The smallest absolute Gasteiger partial charge is 0.257 e. The molecule has 1 fully saturated rings. The Morgan fingerprint density at radius 2 is 1.95 bits per heavy atom. The van der Waals surface area contributed by atoms with Crippen LogP contribution in [0.1, 0.15) is 37.0 Å². The first-order valence-electron chi connectivity index (χ1n) is 6.86. The molecule has 0 aliphatic carbocycles. The van der Waals surface area contributed by atoms with E-state index in [1.165, 1.54) is 12.1 Å². The van der Waals surface area contributed by atoms with Gasteiger partial charge in [-0.1, -0.05) is 6.07 Å². The quantitative estimate of drug-likeness (QED) is 0.853.